The third-order valence-corrected chi connectivity index (χ3v) is 9.54. The zero-order valence-electron chi connectivity index (χ0n) is 25.8. The number of aromatic nitrogens is 3. The first-order valence-corrected chi connectivity index (χ1v) is 15.7. The van der Waals surface area contributed by atoms with Crippen LogP contribution in [0.2, 0.25) is 0 Å². The molecular formula is C32H39BrF2N6O3. The summed E-state index contributed by atoms with van der Waals surface area (Å²) in [5, 5.41) is 8.58. The van der Waals surface area contributed by atoms with Crippen molar-refractivity contribution in [3.63, 3.8) is 0 Å². The van der Waals surface area contributed by atoms with Crippen molar-refractivity contribution in [3.05, 3.63) is 63.3 Å². The minimum absolute atomic E-state index is 0.0366. The molecule has 44 heavy (non-hydrogen) atoms. The largest absolute Gasteiger partial charge is 0.444 e. The molecule has 9 nitrogen and oxygen atoms in total. The highest BCUT2D eigenvalue weighted by Crippen LogP contribution is 2.41. The van der Waals surface area contributed by atoms with Gasteiger partial charge in [-0.3, -0.25) is 4.79 Å². The molecule has 0 radical (unpaired) electrons. The second-order valence-electron chi connectivity index (χ2n) is 12.8. The standard InChI is InChI=1S/C32H39BrF2N6O3/c1-19-9-8-10-21(20(19)2)25-11-6-7-14-40(25)29(42)32(12-15-39(16-13-32)30(43)44-31(3,4)5)41-18-24(37-38-41)22-17-23(34)26(33)27(35)28(22)36/h8-10,17-18,25H,6-7,11-16,36H2,1-5H3. The number of likely N-dealkylation sites (tertiary alicyclic amines) is 2. The maximum atomic E-state index is 14.9. The molecule has 1 unspecified atom stereocenters. The van der Waals surface area contributed by atoms with Gasteiger partial charge in [-0.15, -0.1) is 5.10 Å². The first-order chi connectivity index (χ1) is 20.7. The molecule has 5 rings (SSSR count). The number of ether oxygens (including phenoxy) is 1. The molecule has 2 amide bonds. The lowest BCUT2D eigenvalue weighted by Gasteiger charge is -2.46. The first kappa shape index (κ1) is 31.9. The Morgan fingerprint density at radius 2 is 1.82 bits per heavy atom. The molecule has 0 aliphatic carbocycles. The van der Waals surface area contributed by atoms with Crippen molar-refractivity contribution >= 4 is 33.6 Å². The lowest BCUT2D eigenvalue weighted by atomic mass is 9.83. The number of anilines is 1. The van der Waals surface area contributed by atoms with E-state index in [0.717, 1.165) is 42.0 Å². The number of nitrogens with zero attached hydrogens (tertiary/aromatic N) is 5. The van der Waals surface area contributed by atoms with E-state index in [1.807, 2.05) is 31.7 Å². The molecule has 2 saturated heterocycles. The van der Waals surface area contributed by atoms with Gasteiger partial charge in [0.15, 0.2) is 5.82 Å². The number of amides is 2. The Hall–Kier alpha value is -3.54. The fourth-order valence-corrected chi connectivity index (χ4v) is 6.57. The summed E-state index contributed by atoms with van der Waals surface area (Å²) in [6.07, 6.45) is 4.27. The van der Waals surface area contributed by atoms with Gasteiger partial charge in [-0.05, 0) is 105 Å². The van der Waals surface area contributed by atoms with Gasteiger partial charge in [-0.1, -0.05) is 23.4 Å². The molecule has 2 aliphatic heterocycles. The van der Waals surface area contributed by atoms with Crippen LogP contribution in [0.25, 0.3) is 11.3 Å². The zero-order chi connectivity index (χ0) is 32.0. The second kappa shape index (κ2) is 12.1. The van der Waals surface area contributed by atoms with Gasteiger partial charge in [0.05, 0.1) is 22.4 Å². The Kier molecular flexibility index (Phi) is 8.76. The van der Waals surface area contributed by atoms with Crippen LogP contribution in [-0.4, -0.2) is 62.0 Å². The average Bonchev–Trinajstić information content (AvgIpc) is 3.49. The minimum Gasteiger partial charge on any atom is -0.444 e. The van der Waals surface area contributed by atoms with Gasteiger partial charge in [0.25, 0.3) is 5.91 Å². The Labute approximate surface area is 264 Å². The molecule has 2 N–H and O–H groups in total. The number of hydrogen-bond donors (Lipinski definition) is 1. The second-order valence-corrected chi connectivity index (χ2v) is 13.6. The smallest absolute Gasteiger partial charge is 0.410 e. The molecule has 0 spiro atoms. The molecular weight excluding hydrogens is 634 g/mol. The van der Waals surface area contributed by atoms with Gasteiger partial charge in [0.1, 0.15) is 22.7 Å². The Morgan fingerprint density at radius 1 is 1.11 bits per heavy atom. The van der Waals surface area contributed by atoms with Gasteiger partial charge in [0.2, 0.25) is 0 Å². The van der Waals surface area contributed by atoms with Gasteiger partial charge >= 0.3 is 6.09 Å². The number of rotatable bonds is 4. The summed E-state index contributed by atoms with van der Waals surface area (Å²) in [6, 6.07) is 7.15. The maximum Gasteiger partial charge on any atom is 0.410 e. The lowest BCUT2D eigenvalue weighted by molar-refractivity contribution is -0.148. The predicted molar refractivity (Wildman–Crippen MR) is 167 cm³/mol. The van der Waals surface area contributed by atoms with Crippen molar-refractivity contribution in [2.24, 2.45) is 0 Å². The van der Waals surface area contributed by atoms with E-state index in [1.165, 1.54) is 10.9 Å². The van der Waals surface area contributed by atoms with E-state index in [0.29, 0.717) is 6.54 Å². The predicted octanol–water partition coefficient (Wildman–Crippen LogP) is 6.66. The fraction of sp³-hybridized carbons (Fsp3) is 0.500. The van der Waals surface area contributed by atoms with E-state index < -0.39 is 28.9 Å². The maximum absolute atomic E-state index is 14.9. The number of piperidine rings is 2. The van der Waals surface area contributed by atoms with Gasteiger partial charge in [-0.2, -0.15) is 0 Å². The summed E-state index contributed by atoms with van der Waals surface area (Å²) in [5.74, 6) is -1.89. The Bertz CT molecular complexity index is 1580. The SMILES string of the molecule is Cc1cccc(C2CCCCN2C(=O)C2(n3cc(-c4cc(F)c(Br)c(F)c4N)nn3)CCN(C(=O)OC(C)(C)C)CC2)c1C. The lowest BCUT2D eigenvalue weighted by Crippen LogP contribution is -2.58. The van der Waals surface area contributed by atoms with Gasteiger partial charge in [-0.25, -0.2) is 18.3 Å². The molecule has 236 valence electrons. The Morgan fingerprint density at radius 3 is 2.50 bits per heavy atom. The number of benzene rings is 2. The van der Waals surface area contributed by atoms with Crippen LogP contribution >= 0.6 is 15.9 Å². The van der Waals surface area contributed by atoms with Crippen molar-refractivity contribution < 1.29 is 23.1 Å². The van der Waals surface area contributed by atoms with E-state index in [1.54, 1.807) is 4.90 Å². The number of nitrogens with two attached hydrogens (primary N) is 1. The van der Waals surface area contributed by atoms with E-state index in [2.05, 4.69) is 52.2 Å². The van der Waals surface area contributed by atoms with E-state index in [4.69, 9.17) is 10.5 Å². The number of hydrogen-bond acceptors (Lipinski definition) is 6. The highest BCUT2D eigenvalue weighted by Gasteiger charge is 2.49. The van der Waals surface area contributed by atoms with Gasteiger partial charge < -0.3 is 20.3 Å². The zero-order valence-corrected chi connectivity index (χ0v) is 27.4. The highest BCUT2D eigenvalue weighted by molar-refractivity contribution is 9.10. The van der Waals surface area contributed by atoms with Crippen LogP contribution in [0, 0.1) is 25.5 Å². The number of halogens is 3. The van der Waals surface area contributed by atoms with Crippen molar-refractivity contribution in [2.45, 2.75) is 83.9 Å². The normalized spacial score (nSPS) is 18.8. The van der Waals surface area contributed by atoms with E-state index in [9.17, 15) is 18.4 Å². The van der Waals surface area contributed by atoms with Crippen molar-refractivity contribution in [2.75, 3.05) is 25.4 Å². The van der Waals surface area contributed by atoms with E-state index in [-0.39, 0.29) is 59.3 Å². The number of carbonyl (C=O) groups is 2. The quantitative estimate of drug-likeness (QED) is 0.245. The molecule has 3 heterocycles. The third kappa shape index (κ3) is 5.92. The summed E-state index contributed by atoms with van der Waals surface area (Å²) in [7, 11) is 0. The third-order valence-electron chi connectivity index (χ3n) is 8.82. The van der Waals surface area contributed by atoms with E-state index >= 15 is 0 Å². The number of nitrogen functional groups attached to an aromatic ring is 1. The first-order valence-electron chi connectivity index (χ1n) is 14.9. The molecule has 3 aromatic rings. The van der Waals surface area contributed by atoms with Crippen LogP contribution in [0.3, 0.4) is 0 Å². The van der Waals surface area contributed by atoms with Crippen molar-refractivity contribution in [1.82, 2.24) is 24.8 Å². The molecule has 1 aromatic heterocycles. The summed E-state index contributed by atoms with van der Waals surface area (Å²) in [6.45, 7) is 10.7. The molecule has 2 aliphatic rings. The van der Waals surface area contributed by atoms with Crippen LogP contribution in [0.1, 0.15) is 75.6 Å². The number of carbonyl (C=O) groups excluding carboxylic acids is 2. The summed E-state index contributed by atoms with van der Waals surface area (Å²) in [5.41, 5.74) is 7.48. The molecule has 12 heteroatoms. The van der Waals surface area contributed by atoms with Crippen LogP contribution < -0.4 is 5.73 Å². The molecule has 0 saturated carbocycles. The topological polar surface area (TPSA) is 107 Å². The summed E-state index contributed by atoms with van der Waals surface area (Å²) in [4.78, 5) is 31.4. The monoisotopic (exact) mass is 672 g/mol. The van der Waals surface area contributed by atoms with Crippen molar-refractivity contribution in [1.29, 1.82) is 0 Å². The average molecular weight is 674 g/mol. The van der Waals surface area contributed by atoms with Crippen LogP contribution in [0.5, 0.6) is 0 Å². The van der Waals surface area contributed by atoms with Crippen LogP contribution in [-0.2, 0) is 15.1 Å². The highest BCUT2D eigenvalue weighted by atomic mass is 79.9. The molecule has 2 fully saturated rings. The Balaban J connectivity index is 1.55. The molecule has 1 atom stereocenters. The summed E-state index contributed by atoms with van der Waals surface area (Å²) < 4.78 is 35.9. The minimum atomic E-state index is -1.20. The molecule has 2 aromatic carbocycles. The van der Waals surface area contributed by atoms with Crippen LogP contribution in [0.4, 0.5) is 19.3 Å². The molecule has 0 bridgehead atoms. The summed E-state index contributed by atoms with van der Waals surface area (Å²) >= 11 is 2.88. The van der Waals surface area contributed by atoms with Crippen molar-refractivity contribution in [3.8, 4) is 11.3 Å². The fourth-order valence-electron chi connectivity index (χ4n) is 6.24. The van der Waals surface area contributed by atoms with Crippen LogP contribution in [0.15, 0.2) is 34.9 Å². The number of aryl methyl sites for hydroxylation is 1. The van der Waals surface area contributed by atoms with Gasteiger partial charge in [0, 0.05) is 25.2 Å².